The van der Waals surface area contributed by atoms with Crippen molar-refractivity contribution in [3.63, 3.8) is 0 Å². The van der Waals surface area contributed by atoms with Crippen molar-refractivity contribution in [2.24, 2.45) is 0 Å². The van der Waals surface area contributed by atoms with Gasteiger partial charge in [0, 0.05) is 18.5 Å². The molecule has 0 bridgehead atoms. The summed E-state index contributed by atoms with van der Waals surface area (Å²) in [5.41, 5.74) is 1.29. The molecular formula is C25H25N3O5. The Labute approximate surface area is 190 Å². The van der Waals surface area contributed by atoms with E-state index in [0.717, 1.165) is 37.9 Å². The molecule has 0 aliphatic carbocycles. The molecule has 8 nitrogen and oxygen atoms in total. The van der Waals surface area contributed by atoms with E-state index in [2.05, 4.69) is 10.3 Å². The molecule has 1 N–H and O–H groups in total. The van der Waals surface area contributed by atoms with Crippen molar-refractivity contribution in [3.8, 4) is 0 Å². The number of ether oxygens (including phenoxy) is 1. The zero-order valence-electron chi connectivity index (χ0n) is 18.4. The van der Waals surface area contributed by atoms with Crippen LogP contribution in [0.1, 0.15) is 59.1 Å². The fourth-order valence-corrected chi connectivity index (χ4v) is 4.02. The van der Waals surface area contributed by atoms with Gasteiger partial charge in [-0.3, -0.25) is 19.0 Å². The van der Waals surface area contributed by atoms with Crippen molar-refractivity contribution >= 4 is 34.3 Å². The quantitative estimate of drug-likeness (QED) is 0.474. The van der Waals surface area contributed by atoms with Crippen LogP contribution in [-0.2, 0) is 22.5 Å². The van der Waals surface area contributed by atoms with Crippen LogP contribution >= 0.6 is 0 Å². The van der Waals surface area contributed by atoms with Crippen LogP contribution in [0.4, 0.5) is 5.69 Å². The number of hydrogen-bond donors (Lipinski definition) is 1. The van der Waals surface area contributed by atoms with Crippen molar-refractivity contribution in [2.75, 3.05) is 11.9 Å². The third-order valence-corrected chi connectivity index (χ3v) is 5.72. The minimum Gasteiger partial charge on any atom is -0.452 e. The lowest BCUT2D eigenvalue weighted by molar-refractivity contribution is -0.119. The summed E-state index contributed by atoms with van der Waals surface area (Å²) in [5.74, 6) is -0.701. The molecule has 8 heteroatoms. The molecule has 4 rings (SSSR count). The maximum Gasteiger partial charge on any atom is 0.338 e. The lowest BCUT2D eigenvalue weighted by Gasteiger charge is -2.16. The Kier molecular flexibility index (Phi) is 6.63. The number of amides is 1. The van der Waals surface area contributed by atoms with E-state index in [4.69, 9.17) is 4.74 Å². The van der Waals surface area contributed by atoms with Crippen LogP contribution in [0.3, 0.4) is 0 Å². The van der Waals surface area contributed by atoms with Gasteiger partial charge in [-0.1, -0.05) is 25.0 Å². The zero-order chi connectivity index (χ0) is 23.4. The molecule has 1 aromatic heterocycles. The lowest BCUT2D eigenvalue weighted by Crippen LogP contribution is -2.26. The number of para-hydroxylation sites is 1. The van der Waals surface area contributed by atoms with Gasteiger partial charge in [-0.2, -0.15) is 0 Å². The second-order valence-corrected chi connectivity index (χ2v) is 8.11. The maximum absolute atomic E-state index is 12.9. The summed E-state index contributed by atoms with van der Waals surface area (Å²) in [5, 5.41) is 3.04. The number of esters is 1. The maximum atomic E-state index is 12.9. The molecule has 170 valence electrons. The highest BCUT2D eigenvalue weighted by Crippen LogP contribution is 2.18. The van der Waals surface area contributed by atoms with Crippen LogP contribution in [0.5, 0.6) is 0 Å². The Bertz CT molecular complexity index is 1290. The number of nitrogens with one attached hydrogen (secondary N) is 1. The van der Waals surface area contributed by atoms with Crippen molar-refractivity contribution in [1.29, 1.82) is 0 Å². The molecule has 0 atom stereocenters. The first-order chi connectivity index (χ1) is 15.9. The Balaban J connectivity index is 1.48. The molecule has 1 amide bonds. The van der Waals surface area contributed by atoms with Crippen LogP contribution in [0.25, 0.3) is 10.9 Å². The fraction of sp³-hybridized carbons (Fsp3) is 0.320. The average molecular weight is 447 g/mol. The number of anilines is 1. The molecule has 0 spiro atoms. The van der Waals surface area contributed by atoms with Gasteiger partial charge in [-0.15, -0.1) is 0 Å². The standard InChI is InChI=1S/C25H25N3O5/c1-16(29)18-8-5-6-9-20(18)27-23(30)15-33-25(32)17-11-12-19-21(14-17)26-22-10-4-2-3-7-13-28(22)24(19)31/h5-6,8-9,11-12,14H,2-4,7,10,13,15H2,1H3,(H,27,30). The third-order valence-electron chi connectivity index (χ3n) is 5.72. The van der Waals surface area contributed by atoms with Gasteiger partial charge in [-0.05, 0) is 50.1 Å². The molecule has 1 aliphatic rings. The van der Waals surface area contributed by atoms with Crippen LogP contribution in [0.2, 0.25) is 0 Å². The van der Waals surface area contributed by atoms with Crippen LogP contribution < -0.4 is 10.9 Å². The first-order valence-corrected chi connectivity index (χ1v) is 11.0. The zero-order valence-corrected chi connectivity index (χ0v) is 18.4. The number of carbonyl (C=O) groups excluding carboxylic acids is 3. The Hall–Kier alpha value is -3.81. The Morgan fingerprint density at radius 1 is 1.06 bits per heavy atom. The van der Waals surface area contributed by atoms with E-state index in [1.165, 1.54) is 19.1 Å². The van der Waals surface area contributed by atoms with E-state index in [-0.39, 0.29) is 16.9 Å². The minimum absolute atomic E-state index is 0.0969. The van der Waals surface area contributed by atoms with Crippen LogP contribution in [0.15, 0.2) is 47.3 Å². The van der Waals surface area contributed by atoms with Crippen molar-refractivity contribution in [3.05, 3.63) is 69.8 Å². The number of fused-ring (bicyclic) bond motifs is 2. The number of Topliss-reactive ketones (excluding diaryl/α,β-unsaturated/α-hetero) is 1. The Morgan fingerprint density at radius 3 is 2.67 bits per heavy atom. The summed E-state index contributed by atoms with van der Waals surface area (Å²) in [7, 11) is 0. The Morgan fingerprint density at radius 2 is 1.85 bits per heavy atom. The van der Waals surface area contributed by atoms with Gasteiger partial charge in [0.15, 0.2) is 12.4 Å². The average Bonchev–Trinajstić information content (AvgIpc) is 2.78. The normalized spacial score (nSPS) is 13.5. The summed E-state index contributed by atoms with van der Waals surface area (Å²) < 4.78 is 6.88. The highest BCUT2D eigenvalue weighted by Gasteiger charge is 2.17. The summed E-state index contributed by atoms with van der Waals surface area (Å²) in [6, 6.07) is 11.2. The molecular weight excluding hydrogens is 422 g/mol. The largest absolute Gasteiger partial charge is 0.452 e. The van der Waals surface area contributed by atoms with Gasteiger partial charge in [-0.25, -0.2) is 9.78 Å². The molecule has 2 heterocycles. The number of hydrogen-bond acceptors (Lipinski definition) is 6. The van der Waals surface area contributed by atoms with Gasteiger partial charge in [0.2, 0.25) is 0 Å². The number of benzene rings is 2. The first kappa shape index (κ1) is 22.4. The number of nitrogens with zero attached hydrogens (tertiary/aromatic N) is 2. The van der Waals surface area contributed by atoms with Crippen LogP contribution in [-0.4, -0.2) is 33.8 Å². The highest BCUT2D eigenvalue weighted by molar-refractivity contribution is 6.04. The molecule has 0 saturated heterocycles. The van der Waals surface area contributed by atoms with Crippen molar-refractivity contribution < 1.29 is 19.1 Å². The molecule has 0 fully saturated rings. The molecule has 33 heavy (non-hydrogen) atoms. The predicted molar refractivity (Wildman–Crippen MR) is 124 cm³/mol. The molecule has 0 saturated carbocycles. The van der Waals surface area contributed by atoms with Gasteiger partial charge in [0.05, 0.1) is 22.2 Å². The van der Waals surface area contributed by atoms with Gasteiger partial charge >= 0.3 is 5.97 Å². The second kappa shape index (κ2) is 9.77. The summed E-state index contributed by atoms with van der Waals surface area (Å²) in [4.78, 5) is 54.0. The summed E-state index contributed by atoms with van der Waals surface area (Å²) in [6.07, 6.45) is 4.86. The van der Waals surface area contributed by atoms with Crippen LogP contribution in [0, 0.1) is 0 Å². The van der Waals surface area contributed by atoms with E-state index in [1.54, 1.807) is 34.9 Å². The van der Waals surface area contributed by atoms with Gasteiger partial charge in [0.25, 0.3) is 11.5 Å². The van der Waals surface area contributed by atoms with Crippen molar-refractivity contribution in [2.45, 2.75) is 45.6 Å². The monoisotopic (exact) mass is 447 g/mol. The molecule has 0 radical (unpaired) electrons. The molecule has 0 unspecified atom stereocenters. The van der Waals surface area contributed by atoms with E-state index in [1.807, 2.05) is 0 Å². The van der Waals surface area contributed by atoms with E-state index < -0.39 is 18.5 Å². The highest BCUT2D eigenvalue weighted by atomic mass is 16.5. The smallest absolute Gasteiger partial charge is 0.338 e. The number of ketones is 1. The second-order valence-electron chi connectivity index (χ2n) is 8.11. The third kappa shape index (κ3) is 5.00. The van der Waals surface area contributed by atoms with E-state index in [0.29, 0.717) is 28.7 Å². The van der Waals surface area contributed by atoms with Gasteiger partial charge < -0.3 is 10.1 Å². The molecule has 2 aromatic carbocycles. The van der Waals surface area contributed by atoms with Crippen molar-refractivity contribution in [1.82, 2.24) is 9.55 Å². The number of aromatic nitrogens is 2. The minimum atomic E-state index is -0.694. The fourth-order valence-electron chi connectivity index (χ4n) is 4.02. The van der Waals surface area contributed by atoms with Gasteiger partial charge in [0.1, 0.15) is 5.82 Å². The number of carbonyl (C=O) groups is 3. The van der Waals surface area contributed by atoms with E-state index in [9.17, 15) is 19.2 Å². The topological polar surface area (TPSA) is 107 Å². The number of rotatable bonds is 5. The predicted octanol–water partition coefficient (Wildman–Crippen LogP) is 3.51. The SMILES string of the molecule is CC(=O)c1ccccc1NC(=O)COC(=O)c1ccc2c(=O)n3c(nc2c1)CCCCCC3. The summed E-state index contributed by atoms with van der Waals surface area (Å²) in [6.45, 7) is 1.55. The molecule has 1 aliphatic heterocycles. The lowest BCUT2D eigenvalue weighted by atomic mass is 10.1. The number of aryl methyl sites for hydroxylation is 1. The van der Waals surface area contributed by atoms with E-state index >= 15 is 0 Å². The first-order valence-electron chi connectivity index (χ1n) is 11.0. The molecule has 3 aromatic rings. The summed E-state index contributed by atoms with van der Waals surface area (Å²) >= 11 is 0.